The summed E-state index contributed by atoms with van der Waals surface area (Å²) in [5, 5.41) is 0. The summed E-state index contributed by atoms with van der Waals surface area (Å²) in [7, 11) is 0. The van der Waals surface area contributed by atoms with Crippen molar-refractivity contribution in [3.63, 3.8) is 0 Å². The van der Waals surface area contributed by atoms with Gasteiger partial charge in [0.1, 0.15) is 5.60 Å². The van der Waals surface area contributed by atoms with E-state index in [0.29, 0.717) is 495 Å². The average Bonchev–Trinajstić information content (AvgIpc) is 0.950. The zero-order valence-electron chi connectivity index (χ0n) is 74.2. The van der Waals surface area contributed by atoms with Gasteiger partial charge in [-0.3, -0.25) is 4.79 Å². The predicted molar refractivity (Wildman–Crippen MR) is 440 cm³/mol. The Labute approximate surface area is 722 Å². The van der Waals surface area contributed by atoms with E-state index in [4.69, 9.17) is 186 Å². The van der Waals surface area contributed by atoms with Crippen LogP contribution in [-0.2, 0) is 185 Å². The molecule has 0 atom stereocenters. The van der Waals surface area contributed by atoms with Crippen LogP contribution >= 0.6 is 0 Å². The topological polar surface area (TPSA) is 394 Å². The highest BCUT2D eigenvalue weighted by Gasteiger charge is 2.16. The lowest BCUT2D eigenvalue weighted by molar-refractivity contribution is -0.156. The summed E-state index contributed by atoms with van der Waals surface area (Å²) in [5.74, 6) is -0.273. The van der Waals surface area contributed by atoms with Gasteiger partial charge in [0.05, 0.1) is 495 Å². The average molecular weight is 1780 g/mol. The Morgan fingerprint density at radius 2 is 0.215 bits per heavy atom. The van der Waals surface area contributed by atoms with Gasteiger partial charge < -0.3 is 186 Å². The summed E-state index contributed by atoms with van der Waals surface area (Å²) in [6, 6.07) is 0. The van der Waals surface area contributed by atoms with Gasteiger partial charge in [-0.05, 0) is 20.8 Å². The number of carbonyl (C=O) groups is 1. The van der Waals surface area contributed by atoms with E-state index >= 15 is 0 Å². The maximum atomic E-state index is 11.6. The lowest BCUT2D eigenvalue weighted by Crippen LogP contribution is -2.24. The molecule has 726 valence electrons. The fourth-order valence-electron chi connectivity index (χ4n) is 8.65. The van der Waals surface area contributed by atoms with E-state index < -0.39 is 5.60 Å². The van der Waals surface area contributed by atoms with E-state index in [1.165, 1.54) is 0 Å². The van der Waals surface area contributed by atoms with Gasteiger partial charge in [-0.2, -0.15) is 0 Å². The van der Waals surface area contributed by atoms with Gasteiger partial charge in [0.15, 0.2) is 0 Å². The Morgan fingerprint density at radius 3 is 0.289 bits per heavy atom. The SMILES string of the molecule is CC(C)(C)OC(=O)CCOCCOCCOCCOCCOCCOCCOCCOCCOCCOCCOCCOCCOCCOCCOCCOCCOCCOCCOCCOCCOCCOCCOCCOCCOCCOCCOCCOCCOCCOCCOCCOCCOCCOCCOCCOCCOCCN. The van der Waals surface area contributed by atoms with Crippen molar-refractivity contribution in [3.8, 4) is 0 Å². The van der Waals surface area contributed by atoms with Crippen LogP contribution in [0.15, 0.2) is 0 Å². The van der Waals surface area contributed by atoms with Gasteiger partial charge >= 0.3 is 5.97 Å². The third kappa shape index (κ3) is 116. The van der Waals surface area contributed by atoms with E-state index in [9.17, 15) is 4.79 Å². The molecule has 0 aliphatic heterocycles. The zero-order chi connectivity index (χ0) is 86.7. The van der Waals surface area contributed by atoms with Gasteiger partial charge in [-0.1, -0.05) is 0 Å². The fraction of sp³-hybridized carbons (Fsp3) is 0.988. The molecule has 0 aliphatic carbocycles. The number of ether oxygens (including phenoxy) is 38. The summed E-state index contributed by atoms with van der Waals surface area (Å²) < 4.78 is 209. The minimum Gasteiger partial charge on any atom is -0.460 e. The number of rotatable bonds is 113. The summed E-state index contributed by atoms with van der Waals surface area (Å²) in [5.41, 5.74) is 4.87. The van der Waals surface area contributed by atoms with Crippen LogP contribution < -0.4 is 5.73 Å². The number of hydrogen-bond acceptors (Lipinski definition) is 40. The summed E-state index contributed by atoms with van der Waals surface area (Å²) in [6.45, 7) is 41.4. The Bertz CT molecular complexity index is 1810. The first-order chi connectivity index (χ1) is 60.0. The molecule has 40 nitrogen and oxygen atoms in total. The first-order valence-corrected chi connectivity index (χ1v) is 43.2. The molecule has 0 saturated heterocycles. The van der Waals surface area contributed by atoms with E-state index in [-0.39, 0.29) is 12.4 Å². The summed E-state index contributed by atoms with van der Waals surface area (Å²) in [6.07, 6.45) is 0.221. The molecule has 0 rings (SSSR count). The van der Waals surface area contributed by atoms with Crippen molar-refractivity contribution in [1.29, 1.82) is 0 Å². The van der Waals surface area contributed by atoms with Crippen molar-refractivity contribution < 1.29 is 185 Å². The Morgan fingerprint density at radius 1 is 0.140 bits per heavy atom. The van der Waals surface area contributed by atoms with Gasteiger partial charge in [0.25, 0.3) is 0 Å². The zero-order valence-corrected chi connectivity index (χ0v) is 74.2. The number of nitrogens with two attached hydrogens (primary N) is 1. The third-order valence-corrected chi connectivity index (χ3v) is 14.5. The van der Waals surface area contributed by atoms with Crippen molar-refractivity contribution in [1.82, 2.24) is 0 Å². The lowest BCUT2D eigenvalue weighted by Gasteiger charge is -2.19. The van der Waals surface area contributed by atoms with Crippen molar-refractivity contribution in [2.45, 2.75) is 32.8 Å². The van der Waals surface area contributed by atoms with Crippen LogP contribution in [0.2, 0.25) is 0 Å². The molecule has 0 amide bonds. The molecule has 0 aromatic rings. The molecule has 2 N–H and O–H groups in total. The maximum Gasteiger partial charge on any atom is 0.308 e. The normalized spacial score (nSPS) is 11.9. The second kappa shape index (κ2) is 110. The molecule has 0 bridgehead atoms. The van der Waals surface area contributed by atoms with E-state index in [0.717, 1.165) is 0 Å². The van der Waals surface area contributed by atoms with Crippen LogP contribution in [0.4, 0.5) is 0 Å². The number of hydrogen-bond donors (Lipinski definition) is 1. The quantitative estimate of drug-likeness (QED) is 0.0662. The highest BCUT2D eigenvalue weighted by molar-refractivity contribution is 5.69. The predicted octanol–water partition coefficient (Wildman–Crippen LogP) is 1.29. The number of esters is 1. The van der Waals surface area contributed by atoms with Gasteiger partial charge in [0.2, 0.25) is 0 Å². The molecule has 0 fully saturated rings. The van der Waals surface area contributed by atoms with E-state index in [1.54, 1.807) is 0 Å². The Kier molecular flexibility index (Phi) is 108. The highest BCUT2D eigenvalue weighted by atomic mass is 16.6. The molecule has 0 aromatic heterocycles. The van der Waals surface area contributed by atoms with E-state index in [1.807, 2.05) is 20.8 Å². The molecule has 0 radical (unpaired) electrons. The van der Waals surface area contributed by atoms with Crippen LogP contribution in [0.3, 0.4) is 0 Å². The minimum absolute atomic E-state index is 0.221. The van der Waals surface area contributed by atoms with Crippen molar-refractivity contribution in [3.05, 3.63) is 0 Å². The lowest BCUT2D eigenvalue weighted by atomic mass is 10.2. The first kappa shape index (κ1) is 119. The van der Waals surface area contributed by atoms with Crippen LogP contribution in [-0.4, -0.2) is 507 Å². The van der Waals surface area contributed by atoms with Crippen LogP contribution in [0.1, 0.15) is 27.2 Å². The van der Waals surface area contributed by atoms with Gasteiger partial charge in [-0.25, -0.2) is 0 Å². The van der Waals surface area contributed by atoms with Crippen molar-refractivity contribution in [2.75, 3.05) is 495 Å². The molecule has 0 unspecified atom stereocenters. The molecule has 0 aromatic carbocycles. The van der Waals surface area contributed by atoms with Gasteiger partial charge in [0, 0.05) is 6.54 Å². The monoisotopic (exact) mass is 1770 g/mol. The molecule has 0 saturated carbocycles. The summed E-state index contributed by atoms with van der Waals surface area (Å²) >= 11 is 0. The highest BCUT2D eigenvalue weighted by Crippen LogP contribution is 2.08. The van der Waals surface area contributed by atoms with Crippen LogP contribution in [0.25, 0.3) is 0 Å². The molecular formula is C81H163NO39. The molecule has 40 heteroatoms. The molecular weight excluding hydrogens is 1610 g/mol. The van der Waals surface area contributed by atoms with Crippen LogP contribution in [0, 0.1) is 0 Å². The fourth-order valence-corrected chi connectivity index (χ4v) is 8.65. The van der Waals surface area contributed by atoms with E-state index in [2.05, 4.69) is 0 Å². The maximum absolute atomic E-state index is 11.6. The standard InChI is InChI=1S/C81H163NO39/c1-81(2,3)121-80(83)4-6-84-8-10-86-12-14-88-16-18-90-20-22-92-24-26-94-28-30-96-32-34-98-36-38-100-40-42-102-44-46-104-48-50-106-52-54-108-56-58-110-60-62-112-64-66-114-68-70-116-72-74-118-76-78-120-79-77-119-75-73-117-71-69-115-67-65-113-63-61-111-59-57-109-55-53-107-51-49-105-47-45-103-43-41-101-39-37-99-35-33-97-31-29-95-27-25-93-23-21-91-19-17-89-15-13-87-11-9-85-7-5-82/h4-79,82H2,1-3H3. The van der Waals surface area contributed by atoms with Crippen molar-refractivity contribution >= 4 is 5.97 Å². The number of carbonyl (C=O) groups excluding carboxylic acids is 1. The first-order valence-electron chi connectivity index (χ1n) is 43.2. The minimum atomic E-state index is -0.487. The third-order valence-electron chi connectivity index (χ3n) is 14.5. The largest absolute Gasteiger partial charge is 0.460 e. The van der Waals surface area contributed by atoms with Crippen molar-refractivity contribution in [2.24, 2.45) is 5.73 Å². The smallest absolute Gasteiger partial charge is 0.308 e. The molecule has 0 aliphatic rings. The Hall–Kier alpha value is -2.05. The second-order valence-corrected chi connectivity index (χ2v) is 25.8. The second-order valence-electron chi connectivity index (χ2n) is 25.8. The molecule has 0 heterocycles. The molecule has 121 heavy (non-hydrogen) atoms. The van der Waals surface area contributed by atoms with Crippen LogP contribution in [0.5, 0.6) is 0 Å². The van der Waals surface area contributed by atoms with Gasteiger partial charge in [-0.15, -0.1) is 0 Å². The molecule has 0 spiro atoms. The Balaban J connectivity index is 3.11. The summed E-state index contributed by atoms with van der Waals surface area (Å²) in [4.78, 5) is 11.6.